The van der Waals surface area contributed by atoms with Crippen molar-refractivity contribution >= 4 is 11.5 Å². The molecule has 0 bridgehead atoms. The lowest BCUT2D eigenvalue weighted by Crippen LogP contribution is -2.43. The molecule has 0 aromatic carbocycles. The second-order valence-electron chi connectivity index (χ2n) is 8.01. The molecule has 1 unspecified atom stereocenters. The standard InChI is InChI=1S/C21H29FN6O/c1-13(9-25-3)15-6-16(21(2,24)8-17(15)22)20(23)18-7-19(27-12-26-18)28-5-4-14(10-28)11-29/h6-7,9,12,14,23,25,29H,4-5,8,10-11,24H2,1-3H3/b13-9+,23-20?/t14-,21?/m0/s1. The van der Waals surface area contributed by atoms with Crippen LogP contribution in [0.15, 0.2) is 47.2 Å². The van der Waals surface area contributed by atoms with Crippen LogP contribution < -0.4 is 16.0 Å². The molecule has 1 saturated heterocycles. The smallest absolute Gasteiger partial charge is 0.132 e. The number of hydrogen-bond donors (Lipinski definition) is 4. The molecule has 0 saturated carbocycles. The summed E-state index contributed by atoms with van der Waals surface area (Å²) >= 11 is 0. The van der Waals surface area contributed by atoms with Crippen LogP contribution in [0.2, 0.25) is 0 Å². The molecule has 0 amide bonds. The molecule has 29 heavy (non-hydrogen) atoms. The van der Waals surface area contributed by atoms with Crippen LogP contribution in [0.1, 0.15) is 32.4 Å². The number of hydrogen-bond acceptors (Lipinski definition) is 7. The third kappa shape index (κ3) is 4.38. The molecule has 156 valence electrons. The number of nitrogens with two attached hydrogens (primary N) is 1. The van der Waals surface area contributed by atoms with Gasteiger partial charge in [-0.15, -0.1) is 0 Å². The molecule has 7 nitrogen and oxygen atoms in total. The van der Waals surface area contributed by atoms with Crippen molar-refractivity contribution < 1.29 is 9.50 Å². The van der Waals surface area contributed by atoms with E-state index in [0.29, 0.717) is 16.8 Å². The van der Waals surface area contributed by atoms with Gasteiger partial charge in [-0.1, -0.05) is 0 Å². The highest BCUT2D eigenvalue weighted by molar-refractivity contribution is 6.11. The highest BCUT2D eigenvalue weighted by Gasteiger charge is 2.35. The fraction of sp³-hybridized carbons (Fsp3) is 0.476. The lowest BCUT2D eigenvalue weighted by molar-refractivity contribution is 0.238. The summed E-state index contributed by atoms with van der Waals surface area (Å²) in [6.07, 6.45) is 5.74. The molecule has 2 atom stereocenters. The van der Waals surface area contributed by atoms with E-state index in [9.17, 15) is 9.50 Å². The van der Waals surface area contributed by atoms with E-state index in [1.165, 1.54) is 6.33 Å². The summed E-state index contributed by atoms with van der Waals surface area (Å²) in [6.45, 7) is 5.23. The van der Waals surface area contributed by atoms with Crippen molar-refractivity contribution in [2.24, 2.45) is 11.7 Å². The minimum atomic E-state index is -1.01. The van der Waals surface area contributed by atoms with Crippen LogP contribution in [0.3, 0.4) is 0 Å². The topological polar surface area (TPSA) is 111 Å². The number of rotatable bonds is 6. The zero-order valence-electron chi connectivity index (χ0n) is 17.2. The monoisotopic (exact) mass is 400 g/mol. The predicted octanol–water partition coefficient (Wildman–Crippen LogP) is 2.06. The minimum absolute atomic E-state index is 0.0215. The van der Waals surface area contributed by atoms with E-state index < -0.39 is 5.54 Å². The van der Waals surface area contributed by atoms with Crippen molar-refractivity contribution in [3.63, 3.8) is 0 Å². The summed E-state index contributed by atoms with van der Waals surface area (Å²) in [4.78, 5) is 10.7. The number of aliphatic hydroxyl groups excluding tert-OH is 1. The quantitative estimate of drug-likeness (QED) is 0.544. The van der Waals surface area contributed by atoms with E-state index in [-0.39, 0.29) is 30.5 Å². The van der Waals surface area contributed by atoms with Gasteiger partial charge in [-0.3, -0.25) is 5.41 Å². The minimum Gasteiger partial charge on any atom is -0.396 e. The Balaban J connectivity index is 1.93. The predicted molar refractivity (Wildman–Crippen MR) is 113 cm³/mol. The average molecular weight is 401 g/mol. The normalized spacial score (nSPS) is 25.3. The van der Waals surface area contributed by atoms with Gasteiger partial charge < -0.3 is 21.1 Å². The number of anilines is 1. The summed E-state index contributed by atoms with van der Waals surface area (Å²) in [5.41, 5.74) is 7.71. The Labute approximate surface area is 170 Å². The van der Waals surface area contributed by atoms with Gasteiger partial charge in [-0.2, -0.15) is 0 Å². The van der Waals surface area contributed by atoms with Gasteiger partial charge in [-0.25, -0.2) is 14.4 Å². The molecular weight excluding hydrogens is 371 g/mol. The molecule has 2 heterocycles. The van der Waals surface area contributed by atoms with E-state index in [1.807, 2.05) is 6.92 Å². The number of allylic oxidation sites excluding steroid dienone is 3. The van der Waals surface area contributed by atoms with Gasteiger partial charge in [0.25, 0.3) is 0 Å². The van der Waals surface area contributed by atoms with Crippen molar-refractivity contribution in [2.45, 2.75) is 32.2 Å². The highest BCUT2D eigenvalue weighted by atomic mass is 19.1. The van der Waals surface area contributed by atoms with Gasteiger partial charge in [0.15, 0.2) is 0 Å². The Hall–Kier alpha value is -2.58. The van der Waals surface area contributed by atoms with Gasteiger partial charge in [0.1, 0.15) is 18.0 Å². The summed E-state index contributed by atoms with van der Waals surface area (Å²) in [5, 5.41) is 21.0. The van der Waals surface area contributed by atoms with Crippen LogP contribution in [-0.2, 0) is 0 Å². The van der Waals surface area contributed by atoms with Crippen LogP contribution in [0.5, 0.6) is 0 Å². The van der Waals surface area contributed by atoms with Gasteiger partial charge in [0, 0.05) is 56.3 Å². The maximum atomic E-state index is 14.7. The molecule has 0 spiro atoms. The van der Waals surface area contributed by atoms with E-state index in [4.69, 9.17) is 11.1 Å². The van der Waals surface area contributed by atoms with E-state index >= 15 is 0 Å². The van der Waals surface area contributed by atoms with Crippen LogP contribution in [0.25, 0.3) is 0 Å². The molecule has 1 aliphatic carbocycles. The lowest BCUT2D eigenvalue weighted by Gasteiger charge is -2.32. The molecule has 3 rings (SSSR count). The summed E-state index contributed by atoms with van der Waals surface area (Å²) in [5.74, 6) is 0.670. The zero-order chi connectivity index (χ0) is 21.2. The maximum absolute atomic E-state index is 14.7. The number of aliphatic hydroxyl groups is 1. The Morgan fingerprint density at radius 2 is 2.28 bits per heavy atom. The molecule has 5 N–H and O–H groups in total. The van der Waals surface area contributed by atoms with Gasteiger partial charge in [0.2, 0.25) is 0 Å². The number of aromatic nitrogens is 2. The Morgan fingerprint density at radius 1 is 1.52 bits per heavy atom. The molecule has 1 aromatic heterocycles. The van der Waals surface area contributed by atoms with Crippen molar-refractivity contribution in [2.75, 3.05) is 31.6 Å². The van der Waals surface area contributed by atoms with Crippen molar-refractivity contribution in [1.29, 1.82) is 5.41 Å². The average Bonchev–Trinajstić information content (AvgIpc) is 3.16. The Bertz CT molecular complexity index is 889. The number of halogens is 1. The molecule has 8 heteroatoms. The zero-order valence-corrected chi connectivity index (χ0v) is 17.2. The van der Waals surface area contributed by atoms with Crippen LogP contribution in [0.4, 0.5) is 10.2 Å². The largest absolute Gasteiger partial charge is 0.396 e. The van der Waals surface area contributed by atoms with Gasteiger partial charge in [-0.05, 0) is 43.7 Å². The highest BCUT2D eigenvalue weighted by Crippen LogP contribution is 2.36. The van der Waals surface area contributed by atoms with Crippen LogP contribution in [0, 0.1) is 11.3 Å². The fourth-order valence-electron chi connectivity index (χ4n) is 3.86. The van der Waals surface area contributed by atoms with Gasteiger partial charge in [0.05, 0.1) is 11.4 Å². The first kappa shape index (κ1) is 21.1. The summed E-state index contributed by atoms with van der Waals surface area (Å²) in [7, 11) is 1.76. The second-order valence-corrected chi connectivity index (χ2v) is 8.01. The molecular formula is C21H29FN6O. The fourth-order valence-corrected chi connectivity index (χ4v) is 3.86. The molecule has 2 aliphatic rings. The first-order valence-corrected chi connectivity index (χ1v) is 9.78. The van der Waals surface area contributed by atoms with Crippen molar-refractivity contribution in [3.8, 4) is 0 Å². The first-order chi connectivity index (χ1) is 13.8. The van der Waals surface area contributed by atoms with Crippen molar-refractivity contribution in [3.05, 3.63) is 52.9 Å². The van der Waals surface area contributed by atoms with Crippen molar-refractivity contribution in [1.82, 2.24) is 15.3 Å². The van der Waals surface area contributed by atoms with Crippen LogP contribution in [-0.4, -0.2) is 53.1 Å². The van der Waals surface area contributed by atoms with Crippen LogP contribution >= 0.6 is 0 Å². The lowest BCUT2D eigenvalue weighted by atomic mass is 9.78. The van der Waals surface area contributed by atoms with E-state index in [1.54, 1.807) is 32.3 Å². The summed E-state index contributed by atoms with van der Waals surface area (Å²) in [6, 6.07) is 1.77. The third-order valence-corrected chi connectivity index (χ3v) is 5.55. The Kier molecular flexibility index (Phi) is 6.14. The molecule has 1 aliphatic heterocycles. The molecule has 1 fully saturated rings. The summed E-state index contributed by atoms with van der Waals surface area (Å²) < 4.78 is 14.7. The SMILES string of the molecule is CN/C=C(\C)C1=C(F)CC(C)(N)C(C(=N)c2cc(N3CC[C@H](CO)C3)ncn2)=C1. The number of nitrogens with zero attached hydrogens (tertiary/aromatic N) is 3. The molecule has 0 radical (unpaired) electrons. The third-order valence-electron chi connectivity index (χ3n) is 5.55. The number of nitrogens with one attached hydrogen (secondary N) is 2. The second kappa shape index (κ2) is 8.42. The van der Waals surface area contributed by atoms with Gasteiger partial charge >= 0.3 is 0 Å². The van der Waals surface area contributed by atoms with E-state index in [2.05, 4.69) is 20.2 Å². The van der Waals surface area contributed by atoms with E-state index in [0.717, 1.165) is 30.9 Å². The maximum Gasteiger partial charge on any atom is 0.132 e. The first-order valence-electron chi connectivity index (χ1n) is 9.78. The molecule has 1 aromatic rings. The Morgan fingerprint density at radius 3 is 2.93 bits per heavy atom.